The second-order valence-corrected chi connectivity index (χ2v) is 5.75. The minimum Gasteiger partial charge on any atom is -0.387 e. The standard InChI is InChI=1S/C15H22N2O/c1-10-5-8-12(13(9-10)16-4)14(18)17-15(2,3)11-6-7-11/h5,8-9,11,16H,6-7H2,1-4H3,(H,17,18). The fourth-order valence-electron chi connectivity index (χ4n) is 2.33. The molecule has 1 amide bonds. The summed E-state index contributed by atoms with van der Waals surface area (Å²) in [6, 6.07) is 5.86. The Bertz CT molecular complexity index is 462. The van der Waals surface area contributed by atoms with Gasteiger partial charge in [-0.15, -0.1) is 0 Å². The predicted octanol–water partition coefficient (Wildman–Crippen LogP) is 2.96. The third-order valence-electron chi connectivity index (χ3n) is 3.72. The summed E-state index contributed by atoms with van der Waals surface area (Å²) in [6.45, 7) is 6.24. The maximum absolute atomic E-state index is 12.3. The Morgan fingerprint density at radius 3 is 2.56 bits per heavy atom. The van der Waals surface area contributed by atoms with Crippen molar-refractivity contribution in [2.24, 2.45) is 5.92 Å². The number of rotatable bonds is 4. The summed E-state index contributed by atoms with van der Waals surface area (Å²) < 4.78 is 0. The minimum absolute atomic E-state index is 0.0104. The van der Waals surface area contributed by atoms with Gasteiger partial charge in [-0.3, -0.25) is 4.79 Å². The highest BCUT2D eigenvalue weighted by atomic mass is 16.1. The van der Waals surface area contributed by atoms with Crippen molar-refractivity contribution in [3.05, 3.63) is 29.3 Å². The van der Waals surface area contributed by atoms with Crippen LogP contribution in [-0.4, -0.2) is 18.5 Å². The van der Waals surface area contributed by atoms with E-state index in [2.05, 4.69) is 24.5 Å². The Morgan fingerprint density at radius 2 is 2.00 bits per heavy atom. The van der Waals surface area contributed by atoms with Gasteiger partial charge in [-0.2, -0.15) is 0 Å². The van der Waals surface area contributed by atoms with Gasteiger partial charge >= 0.3 is 0 Å². The lowest BCUT2D eigenvalue weighted by molar-refractivity contribution is 0.0904. The van der Waals surface area contributed by atoms with E-state index >= 15 is 0 Å². The zero-order valence-corrected chi connectivity index (χ0v) is 11.6. The number of benzene rings is 1. The molecule has 1 aromatic rings. The molecule has 18 heavy (non-hydrogen) atoms. The summed E-state index contributed by atoms with van der Waals surface area (Å²) in [5.41, 5.74) is 2.65. The minimum atomic E-state index is -0.104. The molecular formula is C15H22N2O. The lowest BCUT2D eigenvalue weighted by atomic mass is 9.97. The fourth-order valence-corrected chi connectivity index (χ4v) is 2.33. The van der Waals surface area contributed by atoms with E-state index < -0.39 is 0 Å². The summed E-state index contributed by atoms with van der Waals surface area (Å²) in [4.78, 5) is 12.3. The number of aryl methyl sites for hydroxylation is 1. The van der Waals surface area contributed by atoms with Crippen LogP contribution in [-0.2, 0) is 0 Å². The molecule has 1 fully saturated rings. The molecule has 0 saturated heterocycles. The van der Waals surface area contributed by atoms with Crippen LogP contribution in [0, 0.1) is 12.8 Å². The van der Waals surface area contributed by atoms with Crippen LogP contribution in [0.4, 0.5) is 5.69 Å². The molecule has 0 aromatic heterocycles. The molecule has 0 spiro atoms. The van der Waals surface area contributed by atoms with Crippen LogP contribution in [0.2, 0.25) is 0 Å². The molecule has 3 nitrogen and oxygen atoms in total. The third-order valence-corrected chi connectivity index (χ3v) is 3.72. The zero-order chi connectivity index (χ0) is 13.3. The van der Waals surface area contributed by atoms with Gasteiger partial charge in [-0.1, -0.05) is 6.07 Å². The molecule has 1 aliphatic rings. The third kappa shape index (κ3) is 2.66. The molecule has 1 aliphatic carbocycles. The molecule has 0 unspecified atom stereocenters. The van der Waals surface area contributed by atoms with Crippen molar-refractivity contribution in [2.45, 2.75) is 39.2 Å². The van der Waals surface area contributed by atoms with Gasteiger partial charge in [0.15, 0.2) is 0 Å². The average Bonchev–Trinajstić information content (AvgIpc) is 3.11. The molecule has 3 heteroatoms. The second-order valence-electron chi connectivity index (χ2n) is 5.75. The quantitative estimate of drug-likeness (QED) is 0.857. The van der Waals surface area contributed by atoms with Crippen molar-refractivity contribution in [2.75, 3.05) is 12.4 Å². The Morgan fingerprint density at radius 1 is 1.33 bits per heavy atom. The highest BCUT2D eigenvalue weighted by Gasteiger charge is 2.39. The number of carbonyl (C=O) groups is 1. The normalized spacial score (nSPS) is 15.3. The Balaban J connectivity index is 2.18. The van der Waals surface area contributed by atoms with Gasteiger partial charge in [0.2, 0.25) is 0 Å². The molecule has 0 heterocycles. The van der Waals surface area contributed by atoms with Crippen LogP contribution < -0.4 is 10.6 Å². The van der Waals surface area contributed by atoms with Crippen LogP contribution in [0.15, 0.2) is 18.2 Å². The number of amides is 1. The molecule has 0 bridgehead atoms. The summed E-state index contributed by atoms with van der Waals surface area (Å²) in [5, 5.41) is 6.24. The van der Waals surface area contributed by atoms with Crippen molar-refractivity contribution in [3.8, 4) is 0 Å². The van der Waals surface area contributed by atoms with E-state index in [1.807, 2.05) is 32.2 Å². The summed E-state index contributed by atoms with van der Waals surface area (Å²) >= 11 is 0. The molecule has 1 aromatic carbocycles. The lowest BCUT2D eigenvalue weighted by Crippen LogP contribution is -2.45. The predicted molar refractivity (Wildman–Crippen MR) is 75.0 cm³/mol. The Labute approximate surface area is 109 Å². The Kier molecular flexibility index (Phi) is 3.33. The van der Waals surface area contributed by atoms with E-state index in [1.165, 1.54) is 12.8 Å². The van der Waals surface area contributed by atoms with Gasteiger partial charge in [0.1, 0.15) is 0 Å². The molecule has 2 N–H and O–H groups in total. The number of anilines is 1. The van der Waals surface area contributed by atoms with Gasteiger partial charge in [-0.05, 0) is 57.2 Å². The molecule has 2 rings (SSSR count). The van der Waals surface area contributed by atoms with Crippen LogP contribution in [0.1, 0.15) is 42.6 Å². The number of hydrogen-bond acceptors (Lipinski definition) is 2. The first-order valence-electron chi connectivity index (χ1n) is 6.55. The van der Waals surface area contributed by atoms with Crippen LogP contribution in [0.3, 0.4) is 0 Å². The monoisotopic (exact) mass is 246 g/mol. The lowest BCUT2D eigenvalue weighted by Gasteiger charge is -2.26. The van der Waals surface area contributed by atoms with Gasteiger partial charge in [0.25, 0.3) is 5.91 Å². The molecule has 98 valence electrons. The summed E-state index contributed by atoms with van der Waals surface area (Å²) in [5.74, 6) is 0.640. The van der Waals surface area contributed by atoms with E-state index in [1.54, 1.807) is 0 Å². The van der Waals surface area contributed by atoms with Crippen LogP contribution >= 0.6 is 0 Å². The van der Waals surface area contributed by atoms with Crippen LogP contribution in [0.5, 0.6) is 0 Å². The first kappa shape index (κ1) is 12.9. The molecule has 0 aliphatic heterocycles. The number of hydrogen-bond donors (Lipinski definition) is 2. The van der Waals surface area contributed by atoms with Crippen molar-refractivity contribution < 1.29 is 4.79 Å². The maximum atomic E-state index is 12.3. The van der Waals surface area contributed by atoms with E-state index in [-0.39, 0.29) is 11.4 Å². The molecule has 0 radical (unpaired) electrons. The van der Waals surface area contributed by atoms with Crippen molar-refractivity contribution >= 4 is 11.6 Å². The van der Waals surface area contributed by atoms with E-state index in [9.17, 15) is 4.79 Å². The second kappa shape index (κ2) is 4.63. The topological polar surface area (TPSA) is 41.1 Å². The van der Waals surface area contributed by atoms with Gasteiger partial charge in [0, 0.05) is 18.3 Å². The largest absolute Gasteiger partial charge is 0.387 e. The smallest absolute Gasteiger partial charge is 0.253 e. The first-order valence-corrected chi connectivity index (χ1v) is 6.55. The maximum Gasteiger partial charge on any atom is 0.253 e. The van der Waals surface area contributed by atoms with E-state index in [4.69, 9.17) is 0 Å². The van der Waals surface area contributed by atoms with Gasteiger partial charge in [0.05, 0.1) is 5.56 Å². The molecule has 0 atom stereocenters. The van der Waals surface area contributed by atoms with Crippen molar-refractivity contribution in [1.29, 1.82) is 0 Å². The summed E-state index contributed by atoms with van der Waals surface area (Å²) in [6.07, 6.45) is 2.44. The van der Waals surface area contributed by atoms with Crippen molar-refractivity contribution in [3.63, 3.8) is 0 Å². The summed E-state index contributed by atoms with van der Waals surface area (Å²) in [7, 11) is 1.84. The molecule has 1 saturated carbocycles. The molecular weight excluding hydrogens is 224 g/mol. The van der Waals surface area contributed by atoms with E-state index in [0.29, 0.717) is 5.92 Å². The average molecular weight is 246 g/mol. The van der Waals surface area contributed by atoms with Crippen molar-refractivity contribution in [1.82, 2.24) is 5.32 Å². The fraction of sp³-hybridized carbons (Fsp3) is 0.533. The first-order chi connectivity index (χ1) is 8.44. The Hall–Kier alpha value is -1.51. The highest BCUT2D eigenvalue weighted by Crippen LogP contribution is 2.39. The van der Waals surface area contributed by atoms with E-state index in [0.717, 1.165) is 16.8 Å². The van der Waals surface area contributed by atoms with Gasteiger partial charge < -0.3 is 10.6 Å². The zero-order valence-electron chi connectivity index (χ0n) is 11.6. The SMILES string of the molecule is CNc1cc(C)ccc1C(=O)NC(C)(C)C1CC1. The van der Waals surface area contributed by atoms with Gasteiger partial charge in [-0.25, -0.2) is 0 Å². The highest BCUT2D eigenvalue weighted by molar-refractivity contribution is 6.00. The number of nitrogens with one attached hydrogen (secondary N) is 2. The van der Waals surface area contributed by atoms with Crippen LogP contribution in [0.25, 0.3) is 0 Å². The number of carbonyl (C=O) groups excluding carboxylic acids is 1.